The van der Waals surface area contributed by atoms with Gasteiger partial charge in [-0.05, 0) is 12.1 Å². The number of rotatable bonds is 4. The van der Waals surface area contributed by atoms with Gasteiger partial charge in [-0.2, -0.15) is 13.2 Å². The molecular weight excluding hydrogens is 275 g/mol. The lowest BCUT2D eigenvalue weighted by molar-refractivity contribution is -0.140. The van der Waals surface area contributed by atoms with Crippen LogP contribution in [-0.2, 0) is 11.3 Å². The van der Waals surface area contributed by atoms with E-state index in [2.05, 4.69) is 10.6 Å². The lowest BCUT2D eigenvalue weighted by Gasteiger charge is -2.24. The predicted octanol–water partition coefficient (Wildman–Crippen LogP) is 0.769. The van der Waals surface area contributed by atoms with Crippen LogP contribution in [-0.4, -0.2) is 49.0 Å². The number of halogens is 3. The summed E-state index contributed by atoms with van der Waals surface area (Å²) in [7, 11) is 0. The van der Waals surface area contributed by atoms with Crippen LogP contribution in [0, 0.1) is 0 Å². The number of morpholine rings is 1. The van der Waals surface area contributed by atoms with Crippen molar-refractivity contribution in [3.63, 3.8) is 0 Å². The average molecular weight is 291 g/mol. The van der Waals surface area contributed by atoms with Gasteiger partial charge in [0.15, 0.2) is 0 Å². The summed E-state index contributed by atoms with van der Waals surface area (Å²) >= 11 is 0. The minimum atomic E-state index is -4.35. The summed E-state index contributed by atoms with van der Waals surface area (Å²) in [6.45, 7) is 0.942. The van der Waals surface area contributed by atoms with Crippen molar-refractivity contribution in [1.29, 1.82) is 0 Å². The molecule has 0 spiro atoms. The minimum absolute atomic E-state index is 0.000877. The van der Waals surface area contributed by atoms with Crippen LogP contribution in [0.3, 0.4) is 0 Å². The zero-order valence-corrected chi connectivity index (χ0v) is 10.7. The molecule has 1 amide bonds. The van der Waals surface area contributed by atoms with E-state index >= 15 is 0 Å². The van der Waals surface area contributed by atoms with Crippen molar-refractivity contribution >= 4 is 5.91 Å². The topological polar surface area (TPSA) is 55.3 Å². The molecule has 1 unspecified atom stereocenters. The molecule has 20 heavy (non-hydrogen) atoms. The zero-order chi connectivity index (χ0) is 14.6. The smallest absolute Gasteiger partial charge is 0.378 e. The number of nitrogens with one attached hydrogen (secondary N) is 2. The molecule has 1 aliphatic heterocycles. The van der Waals surface area contributed by atoms with E-state index in [1.807, 2.05) is 0 Å². The largest absolute Gasteiger partial charge is 0.406 e. The SMILES string of the molecule is O=C(NCC1COCCN1)c1cccn1CC(F)(F)F. The Balaban J connectivity index is 1.90. The van der Waals surface area contributed by atoms with Gasteiger partial charge in [0.05, 0.1) is 13.2 Å². The van der Waals surface area contributed by atoms with Crippen molar-refractivity contribution in [2.24, 2.45) is 0 Å². The Hall–Kier alpha value is -1.54. The van der Waals surface area contributed by atoms with E-state index in [1.54, 1.807) is 0 Å². The molecule has 8 heteroatoms. The van der Waals surface area contributed by atoms with E-state index in [9.17, 15) is 18.0 Å². The highest BCUT2D eigenvalue weighted by Crippen LogP contribution is 2.18. The minimum Gasteiger partial charge on any atom is -0.378 e. The molecule has 1 saturated heterocycles. The summed E-state index contributed by atoms with van der Waals surface area (Å²) in [5, 5.41) is 5.76. The Kier molecular flexibility index (Phi) is 4.66. The van der Waals surface area contributed by atoms with Crippen molar-refractivity contribution in [2.45, 2.75) is 18.8 Å². The monoisotopic (exact) mass is 291 g/mol. The van der Waals surface area contributed by atoms with Crippen LogP contribution in [0.5, 0.6) is 0 Å². The standard InChI is InChI=1S/C12H16F3N3O2/c13-12(14,15)8-18-4-1-2-10(18)11(19)17-6-9-7-20-5-3-16-9/h1-2,4,9,16H,3,5-8H2,(H,17,19). The second-order valence-corrected chi connectivity index (χ2v) is 4.57. The number of hydrogen-bond donors (Lipinski definition) is 2. The van der Waals surface area contributed by atoms with E-state index in [4.69, 9.17) is 4.74 Å². The van der Waals surface area contributed by atoms with Crippen LogP contribution >= 0.6 is 0 Å². The Morgan fingerprint density at radius 3 is 3.00 bits per heavy atom. The maximum atomic E-state index is 12.4. The number of aromatic nitrogens is 1. The third-order valence-electron chi connectivity index (χ3n) is 2.92. The van der Waals surface area contributed by atoms with Gasteiger partial charge >= 0.3 is 6.18 Å². The zero-order valence-electron chi connectivity index (χ0n) is 10.7. The van der Waals surface area contributed by atoms with E-state index < -0.39 is 18.6 Å². The molecule has 0 radical (unpaired) electrons. The first-order chi connectivity index (χ1) is 9.46. The molecule has 1 fully saturated rings. The number of carbonyl (C=O) groups is 1. The number of carbonyl (C=O) groups excluding carboxylic acids is 1. The van der Waals surface area contributed by atoms with Gasteiger partial charge in [-0.3, -0.25) is 4.79 Å². The average Bonchev–Trinajstić information content (AvgIpc) is 2.83. The normalized spacial score (nSPS) is 19.9. The maximum absolute atomic E-state index is 12.4. The Bertz CT molecular complexity index is 453. The molecule has 1 aromatic rings. The van der Waals surface area contributed by atoms with Crippen LogP contribution in [0.15, 0.2) is 18.3 Å². The first-order valence-corrected chi connectivity index (χ1v) is 6.27. The summed E-state index contributed by atoms with van der Waals surface area (Å²) < 4.78 is 43.2. The summed E-state index contributed by atoms with van der Waals surface area (Å²) in [6.07, 6.45) is -3.11. The fraction of sp³-hybridized carbons (Fsp3) is 0.583. The van der Waals surface area contributed by atoms with E-state index in [-0.39, 0.29) is 11.7 Å². The molecule has 2 rings (SSSR count). The Morgan fingerprint density at radius 2 is 2.35 bits per heavy atom. The van der Waals surface area contributed by atoms with Crippen LogP contribution in [0.1, 0.15) is 10.5 Å². The number of nitrogens with zero attached hydrogens (tertiary/aromatic N) is 1. The van der Waals surface area contributed by atoms with E-state index in [1.165, 1.54) is 18.3 Å². The third kappa shape index (κ3) is 4.24. The van der Waals surface area contributed by atoms with Crippen molar-refractivity contribution in [2.75, 3.05) is 26.3 Å². The molecular formula is C12H16F3N3O2. The van der Waals surface area contributed by atoms with Crippen LogP contribution in [0.2, 0.25) is 0 Å². The van der Waals surface area contributed by atoms with Crippen LogP contribution in [0.25, 0.3) is 0 Å². The summed E-state index contributed by atoms with van der Waals surface area (Å²) in [6, 6.07) is 2.77. The fourth-order valence-electron chi connectivity index (χ4n) is 2.01. The molecule has 0 aliphatic carbocycles. The first-order valence-electron chi connectivity index (χ1n) is 6.27. The molecule has 2 N–H and O–H groups in total. The van der Waals surface area contributed by atoms with Crippen molar-refractivity contribution in [3.8, 4) is 0 Å². The first kappa shape index (κ1) is 14.9. The van der Waals surface area contributed by atoms with Gasteiger partial charge in [-0.1, -0.05) is 0 Å². The summed E-state index contributed by atoms with van der Waals surface area (Å²) in [5.41, 5.74) is -0.000877. The Labute approximate surface area is 114 Å². The number of amides is 1. The fourth-order valence-corrected chi connectivity index (χ4v) is 2.01. The van der Waals surface area contributed by atoms with Crippen LogP contribution in [0.4, 0.5) is 13.2 Å². The number of ether oxygens (including phenoxy) is 1. The number of alkyl halides is 3. The molecule has 0 saturated carbocycles. The molecule has 0 aromatic carbocycles. The summed E-state index contributed by atoms with van der Waals surface area (Å²) in [4.78, 5) is 11.9. The molecule has 1 aromatic heterocycles. The van der Waals surface area contributed by atoms with Gasteiger partial charge in [0.1, 0.15) is 12.2 Å². The molecule has 112 valence electrons. The van der Waals surface area contributed by atoms with Crippen molar-refractivity contribution < 1.29 is 22.7 Å². The lowest BCUT2D eigenvalue weighted by Crippen LogP contribution is -2.48. The van der Waals surface area contributed by atoms with Gasteiger partial charge in [-0.25, -0.2) is 0 Å². The maximum Gasteiger partial charge on any atom is 0.406 e. The van der Waals surface area contributed by atoms with Crippen LogP contribution < -0.4 is 10.6 Å². The molecule has 5 nitrogen and oxygen atoms in total. The molecule has 0 bridgehead atoms. The van der Waals surface area contributed by atoms with Crippen molar-refractivity contribution in [3.05, 3.63) is 24.0 Å². The lowest BCUT2D eigenvalue weighted by atomic mass is 10.2. The second kappa shape index (κ2) is 6.27. The van der Waals surface area contributed by atoms with Gasteiger partial charge in [0.2, 0.25) is 0 Å². The third-order valence-corrected chi connectivity index (χ3v) is 2.92. The van der Waals surface area contributed by atoms with Gasteiger partial charge in [0.25, 0.3) is 5.91 Å². The predicted molar refractivity (Wildman–Crippen MR) is 65.4 cm³/mol. The van der Waals surface area contributed by atoms with E-state index in [0.29, 0.717) is 26.3 Å². The second-order valence-electron chi connectivity index (χ2n) is 4.57. The quantitative estimate of drug-likeness (QED) is 0.861. The Morgan fingerprint density at radius 1 is 1.55 bits per heavy atom. The summed E-state index contributed by atoms with van der Waals surface area (Å²) in [5.74, 6) is -0.522. The highest BCUT2D eigenvalue weighted by atomic mass is 19.4. The molecule has 1 atom stereocenters. The number of hydrogen-bond acceptors (Lipinski definition) is 3. The van der Waals surface area contributed by atoms with Gasteiger partial charge in [-0.15, -0.1) is 0 Å². The van der Waals surface area contributed by atoms with E-state index in [0.717, 1.165) is 4.57 Å². The van der Waals surface area contributed by atoms with Gasteiger partial charge in [0, 0.05) is 25.3 Å². The van der Waals surface area contributed by atoms with Crippen molar-refractivity contribution in [1.82, 2.24) is 15.2 Å². The highest BCUT2D eigenvalue weighted by Gasteiger charge is 2.29. The van der Waals surface area contributed by atoms with Gasteiger partial charge < -0.3 is 19.9 Å². The molecule has 1 aliphatic rings. The highest BCUT2D eigenvalue weighted by molar-refractivity contribution is 5.92. The molecule has 2 heterocycles.